The number of rotatable bonds is 12. The molecule has 3 rings (SSSR count). The smallest absolute Gasteiger partial charge is 0.306 e. The molecular weight excluding hydrogens is 456 g/mol. The summed E-state index contributed by atoms with van der Waals surface area (Å²) in [6.45, 7) is 2.80. The second-order valence-electron chi connectivity index (χ2n) is 7.98. The Morgan fingerprint density at radius 3 is 2.00 bits per heavy atom. The summed E-state index contributed by atoms with van der Waals surface area (Å²) in [4.78, 5) is 0. The third-order valence-corrected chi connectivity index (χ3v) is 6.68. The van der Waals surface area contributed by atoms with Gasteiger partial charge in [-0.3, -0.25) is 0 Å². The van der Waals surface area contributed by atoms with Gasteiger partial charge in [-0.25, -0.2) is 0 Å². The Hall–Kier alpha value is -2.64. The molecule has 5 nitrogen and oxygen atoms in total. The molecule has 0 fully saturated rings. The van der Waals surface area contributed by atoms with Crippen molar-refractivity contribution in [3.63, 3.8) is 0 Å². The molecule has 1 N–H and O–H groups in total. The number of phenolic OH excluding ortho intramolecular Hbond substituents is 1. The molecule has 0 heterocycles. The number of benzene rings is 3. The van der Waals surface area contributed by atoms with Gasteiger partial charge in [0.2, 0.25) is 0 Å². The first kappa shape index (κ1) is 25.0. The molecule has 176 valence electrons. The molecule has 33 heavy (non-hydrogen) atoms. The monoisotopic (exact) mass is 486 g/mol. The molecule has 0 saturated carbocycles. The minimum atomic E-state index is -3.52. The number of phenols is 1. The van der Waals surface area contributed by atoms with Gasteiger partial charge in [0.1, 0.15) is 17.2 Å². The van der Waals surface area contributed by atoms with Crippen molar-refractivity contribution < 1.29 is 22.4 Å². The number of hydrogen-bond acceptors (Lipinski definition) is 6. The van der Waals surface area contributed by atoms with E-state index in [2.05, 4.69) is 31.2 Å². The molecule has 0 radical (unpaired) electrons. The molecule has 0 saturated heterocycles. The SMILES string of the molecule is CC(Cc1ccc(CCOc2ccc(OS(C)(=O)=O)cc2)cc1)SCCc1ccc(O)cc1. The van der Waals surface area contributed by atoms with Gasteiger partial charge in [0.15, 0.2) is 0 Å². The highest BCUT2D eigenvalue weighted by molar-refractivity contribution is 7.99. The summed E-state index contributed by atoms with van der Waals surface area (Å²) in [6, 6.07) is 22.7. The molecular formula is C26H30O5S2. The van der Waals surface area contributed by atoms with E-state index in [-0.39, 0.29) is 5.75 Å². The van der Waals surface area contributed by atoms with Gasteiger partial charge in [0.05, 0.1) is 12.9 Å². The fraction of sp³-hybridized carbons (Fsp3) is 0.308. The van der Waals surface area contributed by atoms with Crippen LogP contribution in [0.5, 0.6) is 17.2 Å². The van der Waals surface area contributed by atoms with E-state index in [0.29, 0.717) is 23.4 Å². The standard InChI is InChI=1S/C26H30O5S2/c1-20(32-18-16-22-7-9-24(27)10-8-22)19-23-5-3-21(4-6-23)15-17-30-25-11-13-26(14-12-25)31-33(2,28)29/h3-14,20,27H,15-19H2,1-2H3. The van der Waals surface area contributed by atoms with Crippen LogP contribution in [-0.2, 0) is 29.4 Å². The summed E-state index contributed by atoms with van der Waals surface area (Å²) >= 11 is 1.97. The van der Waals surface area contributed by atoms with Crippen molar-refractivity contribution in [1.29, 1.82) is 0 Å². The largest absolute Gasteiger partial charge is 0.508 e. The Bertz CT molecular complexity index is 1090. The quantitative estimate of drug-likeness (QED) is 0.352. The average molecular weight is 487 g/mol. The van der Waals surface area contributed by atoms with Gasteiger partial charge in [0, 0.05) is 11.7 Å². The van der Waals surface area contributed by atoms with E-state index in [1.165, 1.54) is 16.7 Å². The lowest BCUT2D eigenvalue weighted by Gasteiger charge is -2.12. The lowest BCUT2D eigenvalue weighted by molar-refractivity contribution is 0.321. The highest BCUT2D eigenvalue weighted by atomic mass is 32.2. The zero-order valence-electron chi connectivity index (χ0n) is 18.9. The van der Waals surface area contributed by atoms with Gasteiger partial charge in [-0.05, 0) is 71.7 Å². The Kier molecular flexibility index (Phi) is 9.09. The maximum atomic E-state index is 11.1. The first-order valence-corrected chi connectivity index (χ1v) is 13.7. The molecule has 0 aromatic heterocycles. The van der Waals surface area contributed by atoms with Gasteiger partial charge in [-0.2, -0.15) is 20.2 Å². The van der Waals surface area contributed by atoms with Gasteiger partial charge in [0.25, 0.3) is 0 Å². The van der Waals surface area contributed by atoms with E-state index < -0.39 is 10.1 Å². The van der Waals surface area contributed by atoms with Crippen LogP contribution in [-0.4, -0.2) is 37.4 Å². The highest BCUT2D eigenvalue weighted by Crippen LogP contribution is 2.21. The maximum absolute atomic E-state index is 11.1. The molecule has 0 amide bonds. The first-order chi connectivity index (χ1) is 15.8. The molecule has 3 aromatic carbocycles. The summed E-state index contributed by atoms with van der Waals surface area (Å²) < 4.78 is 32.9. The van der Waals surface area contributed by atoms with Crippen molar-refractivity contribution in [2.24, 2.45) is 0 Å². The van der Waals surface area contributed by atoms with Crippen molar-refractivity contribution in [2.75, 3.05) is 18.6 Å². The van der Waals surface area contributed by atoms with Crippen LogP contribution in [0.15, 0.2) is 72.8 Å². The first-order valence-electron chi connectivity index (χ1n) is 10.9. The van der Waals surface area contributed by atoms with Crippen molar-refractivity contribution in [3.8, 4) is 17.2 Å². The van der Waals surface area contributed by atoms with Crippen LogP contribution in [0, 0.1) is 0 Å². The second kappa shape index (κ2) is 12.0. The lowest BCUT2D eigenvalue weighted by atomic mass is 10.1. The summed E-state index contributed by atoms with van der Waals surface area (Å²) in [5.74, 6) is 2.31. The van der Waals surface area contributed by atoms with E-state index >= 15 is 0 Å². The van der Waals surface area contributed by atoms with Crippen LogP contribution in [0.2, 0.25) is 0 Å². The molecule has 7 heteroatoms. The molecule has 0 bridgehead atoms. The Morgan fingerprint density at radius 1 is 0.818 bits per heavy atom. The average Bonchev–Trinajstić information content (AvgIpc) is 2.76. The van der Waals surface area contributed by atoms with Gasteiger partial charge in [-0.1, -0.05) is 43.3 Å². The third kappa shape index (κ3) is 9.40. The summed E-state index contributed by atoms with van der Waals surface area (Å²) in [7, 11) is -3.52. The van der Waals surface area contributed by atoms with Gasteiger partial charge in [-0.15, -0.1) is 0 Å². The highest BCUT2D eigenvalue weighted by Gasteiger charge is 2.06. The number of thioether (sulfide) groups is 1. The van der Waals surface area contributed by atoms with Gasteiger partial charge < -0.3 is 14.0 Å². The molecule has 1 unspecified atom stereocenters. The molecule has 3 aromatic rings. The van der Waals surface area contributed by atoms with Crippen molar-refractivity contribution in [3.05, 3.63) is 89.5 Å². The van der Waals surface area contributed by atoms with E-state index in [1.807, 2.05) is 23.9 Å². The van der Waals surface area contributed by atoms with Crippen LogP contribution < -0.4 is 8.92 Å². The number of ether oxygens (including phenoxy) is 1. The molecule has 0 aliphatic rings. The van der Waals surface area contributed by atoms with Crippen LogP contribution in [0.25, 0.3) is 0 Å². The van der Waals surface area contributed by atoms with E-state index in [9.17, 15) is 13.5 Å². The third-order valence-electron chi connectivity index (χ3n) is 5.01. The summed E-state index contributed by atoms with van der Waals surface area (Å²) in [5.41, 5.74) is 3.78. The van der Waals surface area contributed by atoms with E-state index in [4.69, 9.17) is 8.92 Å². The molecule has 0 spiro atoms. The van der Waals surface area contributed by atoms with E-state index in [1.54, 1.807) is 36.4 Å². The molecule has 1 atom stereocenters. The van der Waals surface area contributed by atoms with Gasteiger partial charge >= 0.3 is 10.1 Å². The normalized spacial score (nSPS) is 12.3. The minimum Gasteiger partial charge on any atom is -0.508 e. The zero-order chi connectivity index (χ0) is 23.7. The fourth-order valence-corrected chi connectivity index (χ4v) is 4.85. The van der Waals surface area contributed by atoms with Crippen molar-refractivity contribution in [1.82, 2.24) is 0 Å². The number of aromatic hydroxyl groups is 1. The molecule has 0 aliphatic heterocycles. The second-order valence-corrected chi connectivity index (χ2v) is 11.1. The topological polar surface area (TPSA) is 72.8 Å². The summed E-state index contributed by atoms with van der Waals surface area (Å²) in [5, 5.41) is 9.89. The lowest BCUT2D eigenvalue weighted by Crippen LogP contribution is -2.06. The number of aryl methyl sites for hydroxylation is 1. The minimum absolute atomic E-state index is 0.271. The predicted octanol–water partition coefficient (Wildman–Crippen LogP) is 5.26. The maximum Gasteiger partial charge on any atom is 0.306 e. The van der Waals surface area contributed by atoms with Crippen LogP contribution in [0.3, 0.4) is 0 Å². The molecule has 0 aliphatic carbocycles. The number of hydrogen-bond donors (Lipinski definition) is 1. The van der Waals surface area contributed by atoms with Crippen LogP contribution >= 0.6 is 11.8 Å². The zero-order valence-corrected chi connectivity index (χ0v) is 20.6. The predicted molar refractivity (Wildman–Crippen MR) is 135 cm³/mol. The van der Waals surface area contributed by atoms with Crippen LogP contribution in [0.1, 0.15) is 23.6 Å². The van der Waals surface area contributed by atoms with Crippen molar-refractivity contribution in [2.45, 2.75) is 31.4 Å². The summed E-state index contributed by atoms with van der Waals surface area (Å²) in [6.07, 6.45) is 3.83. The Labute approximate surface area is 200 Å². The fourth-order valence-electron chi connectivity index (χ4n) is 3.33. The van der Waals surface area contributed by atoms with E-state index in [0.717, 1.165) is 31.3 Å². The van der Waals surface area contributed by atoms with Crippen molar-refractivity contribution >= 4 is 21.9 Å². The Morgan fingerprint density at radius 2 is 1.36 bits per heavy atom. The van der Waals surface area contributed by atoms with Crippen LogP contribution in [0.4, 0.5) is 0 Å². The Balaban J connectivity index is 1.36.